The second-order valence-electron chi connectivity index (χ2n) is 4.94. The van der Waals surface area contributed by atoms with Crippen LogP contribution in [0.1, 0.15) is 46.7 Å². The normalized spacial score (nSPS) is 17.6. The summed E-state index contributed by atoms with van der Waals surface area (Å²) in [5.41, 5.74) is 1.39. The first-order valence-electron chi connectivity index (χ1n) is 5.94. The van der Waals surface area contributed by atoms with E-state index in [9.17, 15) is 4.79 Å². The molecule has 1 amide bonds. The van der Waals surface area contributed by atoms with Gasteiger partial charge in [-0.3, -0.25) is 4.79 Å². The quantitative estimate of drug-likeness (QED) is 0.844. The van der Waals surface area contributed by atoms with Gasteiger partial charge in [-0.2, -0.15) is 0 Å². The summed E-state index contributed by atoms with van der Waals surface area (Å²) in [5.74, 6) is 1.91. The predicted molar refractivity (Wildman–Crippen MR) is 67.7 cm³/mol. The van der Waals surface area contributed by atoms with Gasteiger partial charge in [0.05, 0.1) is 11.1 Å². The Morgan fingerprint density at radius 3 is 2.35 bits per heavy atom. The standard InChI is InChI=1S/C13H18ClNO2/c1-8-9(2)17-10(3)11(8)12(16)15-13(7-14)5-4-6-13/h4-7H2,1-3H3,(H,15,16). The Hall–Kier alpha value is -0.960. The minimum atomic E-state index is -0.192. The van der Waals surface area contributed by atoms with Gasteiger partial charge in [0.2, 0.25) is 0 Å². The molecule has 1 N–H and O–H groups in total. The molecule has 3 nitrogen and oxygen atoms in total. The summed E-state index contributed by atoms with van der Waals surface area (Å²) >= 11 is 5.94. The molecule has 2 rings (SSSR count). The van der Waals surface area contributed by atoms with Crippen LogP contribution in [0.2, 0.25) is 0 Å². The van der Waals surface area contributed by atoms with Gasteiger partial charge >= 0.3 is 0 Å². The fraction of sp³-hybridized carbons (Fsp3) is 0.615. The fourth-order valence-electron chi connectivity index (χ4n) is 2.33. The molecule has 0 bridgehead atoms. The Morgan fingerprint density at radius 1 is 1.35 bits per heavy atom. The largest absolute Gasteiger partial charge is 0.466 e. The number of hydrogen-bond donors (Lipinski definition) is 1. The van der Waals surface area contributed by atoms with Crippen molar-refractivity contribution in [1.82, 2.24) is 5.32 Å². The SMILES string of the molecule is Cc1oc(C)c(C(=O)NC2(CCl)CCC2)c1C. The highest BCUT2D eigenvalue weighted by Gasteiger charge is 2.38. The van der Waals surface area contributed by atoms with E-state index in [-0.39, 0.29) is 11.4 Å². The van der Waals surface area contributed by atoms with Crippen molar-refractivity contribution < 1.29 is 9.21 Å². The lowest BCUT2D eigenvalue weighted by Gasteiger charge is -2.41. The second-order valence-corrected chi connectivity index (χ2v) is 5.20. The third-order valence-corrected chi connectivity index (χ3v) is 4.25. The van der Waals surface area contributed by atoms with Crippen molar-refractivity contribution in [3.8, 4) is 0 Å². The summed E-state index contributed by atoms with van der Waals surface area (Å²) in [4.78, 5) is 12.2. The summed E-state index contributed by atoms with van der Waals surface area (Å²) in [6.45, 7) is 5.61. The molecule has 1 fully saturated rings. The van der Waals surface area contributed by atoms with E-state index in [2.05, 4.69) is 5.32 Å². The number of hydrogen-bond acceptors (Lipinski definition) is 2. The highest BCUT2D eigenvalue weighted by molar-refractivity contribution is 6.19. The molecule has 0 radical (unpaired) electrons. The number of carbonyl (C=O) groups is 1. The van der Waals surface area contributed by atoms with Crippen LogP contribution in [0.3, 0.4) is 0 Å². The van der Waals surface area contributed by atoms with Gasteiger partial charge in [-0.25, -0.2) is 0 Å². The summed E-state index contributed by atoms with van der Waals surface area (Å²) in [5, 5.41) is 3.06. The van der Waals surface area contributed by atoms with E-state index < -0.39 is 0 Å². The van der Waals surface area contributed by atoms with Crippen LogP contribution in [-0.4, -0.2) is 17.3 Å². The van der Waals surface area contributed by atoms with E-state index in [1.54, 1.807) is 0 Å². The zero-order chi connectivity index (χ0) is 12.6. The highest BCUT2D eigenvalue weighted by atomic mass is 35.5. The van der Waals surface area contributed by atoms with E-state index >= 15 is 0 Å². The van der Waals surface area contributed by atoms with Gasteiger partial charge in [0.25, 0.3) is 5.91 Å². The average Bonchev–Trinajstić information content (AvgIpc) is 2.47. The maximum absolute atomic E-state index is 12.2. The van der Waals surface area contributed by atoms with E-state index in [4.69, 9.17) is 16.0 Å². The number of alkyl halides is 1. The maximum atomic E-state index is 12.2. The maximum Gasteiger partial charge on any atom is 0.255 e. The van der Waals surface area contributed by atoms with Crippen LogP contribution in [0.4, 0.5) is 0 Å². The zero-order valence-electron chi connectivity index (χ0n) is 10.5. The Bertz CT molecular complexity index is 441. The lowest BCUT2D eigenvalue weighted by atomic mass is 9.78. The molecule has 0 spiro atoms. The molecule has 0 atom stereocenters. The second kappa shape index (κ2) is 4.37. The molecule has 0 aromatic carbocycles. The minimum absolute atomic E-state index is 0.0581. The predicted octanol–water partition coefficient (Wildman–Crippen LogP) is 3.10. The van der Waals surface area contributed by atoms with Crippen LogP contribution >= 0.6 is 11.6 Å². The summed E-state index contributed by atoms with van der Waals surface area (Å²) < 4.78 is 5.47. The molecule has 0 saturated heterocycles. The first kappa shape index (κ1) is 12.5. The minimum Gasteiger partial charge on any atom is -0.466 e. The third-order valence-electron chi connectivity index (χ3n) is 3.73. The first-order valence-corrected chi connectivity index (χ1v) is 6.47. The molecule has 1 saturated carbocycles. The van der Waals surface area contributed by atoms with E-state index in [1.807, 2.05) is 20.8 Å². The Balaban J connectivity index is 2.20. The molecule has 1 heterocycles. The van der Waals surface area contributed by atoms with Gasteiger partial charge < -0.3 is 9.73 Å². The Kier molecular flexibility index (Phi) is 3.21. The highest BCUT2D eigenvalue weighted by Crippen LogP contribution is 2.33. The molecule has 94 valence electrons. The first-order chi connectivity index (χ1) is 7.99. The number of furan rings is 1. The lowest BCUT2D eigenvalue weighted by molar-refractivity contribution is 0.0852. The molecule has 1 aliphatic carbocycles. The number of carbonyl (C=O) groups excluding carboxylic acids is 1. The van der Waals surface area contributed by atoms with Gasteiger partial charge in [-0.15, -0.1) is 11.6 Å². The topological polar surface area (TPSA) is 42.2 Å². The molecular weight excluding hydrogens is 238 g/mol. The number of amides is 1. The van der Waals surface area contributed by atoms with Gasteiger partial charge in [0.15, 0.2) is 0 Å². The summed E-state index contributed by atoms with van der Waals surface area (Å²) in [6.07, 6.45) is 3.07. The molecule has 1 aromatic heterocycles. The van der Waals surface area contributed by atoms with Gasteiger partial charge in [-0.1, -0.05) is 0 Å². The monoisotopic (exact) mass is 255 g/mol. The zero-order valence-corrected chi connectivity index (χ0v) is 11.3. The lowest BCUT2D eigenvalue weighted by Crippen LogP contribution is -2.55. The van der Waals surface area contributed by atoms with Crippen LogP contribution in [0.25, 0.3) is 0 Å². The summed E-state index contributed by atoms with van der Waals surface area (Å²) in [6, 6.07) is 0. The van der Waals surface area contributed by atoms with Crippen LogP contribution in [0, 0.1) is 20.8 Å². The molecule has 1 aromatic rings. The van der Waals surface area contributed by atoms with Gasteiger partial charge in [0.1, 0.15) is 11.5 Å². The van der Waals surface area contributed by atoms with Crippen molar-refractivity contribution in [1.29, 1.82) is 0 Å². The van der Waals surface area contributed by atoms with E-state index in [0.29, 0.717) is 17.2 Å². The molecule has 4 heteroatoms. The molecule has 1 aliphatic rings. The smallest absolute Gasteiger partial charge is 0.255 e. The molecule has 0 unspecified atom stereocenters. The number of aryl methyl sites for hydroxylation is 2. The van der Waals surface area contributed by atoms with Crippen LogP contribution in [-0.2, 0) is 0 Å². The van der Waals surface area contributed by atoms with Crippen LogP contribution in [0.15, 0.2) is 4.42 Å². The van der Waals surface area contributed by atoms with Gasteiger partial charge in [-0.05, 0) is 40.0 Å². The van der Waals surface area contributed by atoms with Crippen LogP contribution < -0.4 is 5.32 Å². The van der Waals surface area contributed by atoms with Crippen molar-refractivity contribution >= 4 is 17.5 Å². The Morgan fingerprint density at radius 2 is 2.00 bits per heavy atom. The van der Waals surface area contributed by atoms with Crippen molar-refractivity contribution in [3.63, 3.8) is 0 Å². The number of nitrogens with one attached hydrogen (secondary N) is 1. The van der Waals surface area contributed by atoms with Gasteiger partial charge in [0, 0.05) is 11.4 Å². The summed E-state index contributed by atoms with van der Waals surface area (Å²) in [7, 11) is 0. The van der Waals surface area contributed by atoms with Crippen LogP contribution in [0.5, 0.6) is 0 Å². The third kappa shape index (κ3) is 2.08. The number of rotatable bonds is 3. The van der Waals surface area contributed by atoms with E-state index in [1.165, 1.54) is 0 Å². The molecule has 17 heavy (non-hydrogen) atoms. The Labute approximate surface area is 107 Å². The van der Waals surface area contributed by atoms with E-state index in [0.717, 1.165) is 30.6 Å². The number of halogens is 1. The average molecular weight is 256 g/mol. The van der Waals surface area contributed by atoms with Crippen molar-refractivity contribution in [3.05, 3.63) is 22.6 Å². The van der Waals surface area contributed by atoms with Crippen molar-refractivity contribution in [2.45, 2.75) is 45.6 Å². The van der Waals surface area contributed by atoms with Crippen molar-refractivity contribution in [2.24, 2.45) is 0 Å². The molecular formula is C13H18ClNO2. The molecule has 0 aliphatic heterocycles. The van der Waals surface area contributed by atoms with Crippen molar-refractivity contribution in [2.75, 3.05) is 5.88 Å². The fourth-order valence-corrected chi connectivity index (χ4v) is 2.66.